The number of hydrogen-bond acceptors (Lipinski definition) is 8. The molecule has 174 valence electrons. The Kier molecular flexibility index (Phi) is 7.61. The van der Waals surface area contributed by atoms with E-state index in [1.807, 2.05) is 0 Å². The summed E-state index contributed by atoms with van der Waals surface area (Å²) in [5.41, 5.74) is 1.89. The number of nitro groups is 2. The highest BCUT2D eigenvalue weighted by molar-refractivity contribution is 6.36. The molecule has 0 spiro atoms. The maximum absolute atomic E-state index is 12.2. The molecule has 0 fully saturated rings. The maximum atomic E-state index is 12.2. The van der Waals surface area contributed by atoms with E-state index in [0.29, 0.717) is 10.6 Å². The number of benzene rings is 3. The summed E-state index contributed by atoms with van der Waals surface area (Å²) in [6, 6.07) is 11.9. The first-order valence-corrected chi connectivity index (χ1v) is 10.0. The van der Waals surface area contributed by atoms with Crippen LogP contribution in [0.2, 0.25) is 10.0 Å². The highest BCUT2D eigenvalue weighted by atomic mass is 35.5. The molecule has 13 heteroatoms. The second-order valence-electron chi connectivity index (χ2n) is 6.50. The quantitative estimate of drug-likeness (QED) is 0.246. The van der Waals surface area contributed by atoms with E-state index in [1.54, 1.807) is 6.07 Å². The number of rotatable bonds is 8. The number of nitrogens with one attached hydrogen (secondary N) is 1. The average Bonchev–Trinajstić information content (AvgIpc) is 2.79. The van der Waals surface area contributed by atoms with Crippen LogP contribution in [0.3, 0.4) is 0 Å². The van der Waals surface area contributed by atoms with Crippen molar-refractivity contribution in [3.05, 3.63) is 96.0 Å². The lowest BCUT2D eigenvalue weighted by Crippen LogP contribution is -2.18. The van der Waals surface area contributed by atoms with Crippen LogP contribution in [0.25, 0.3) is 0 Å². The number of amides is 1. The van der Waals surface area contributed by atoms with Gasteiger partial charge in [-0.15, -0.1) is 0 Å². The lowest BCUT2D eigenvalue weighted by atomic mass is 10.2. The smallest absolute Gasteiger partial charge is 0.318 e. The number of hydrazone groups is 1. The van der Waals surface area contributed by atoms with Gasteiger partial charge in [0.1, 0.15) is 0 Å². The van der Waals surface area contributed by atoms with E-state index >= 15 is 0 Å². The molecule has 0 aromatic heterocycles. The number of non-ortho nitro benzene ring substituents is 1. The second kappa shape index (κ2) is 10.6. The van der Waals surface area contributed by atoms with Crippen LogP contribution in [0.1, 0.15) is 15.9 Å². The second-order valence-corrected chi connectivity index (χ2v) is 7.35. The van der Waals surface area contributed by atoms with E-state index < -0.39 is 27.1 Å². The predicted octanol–water partition coefficient (Wildman–Crippen LogP) is 5.37. The number of nitrogens with zero attached hydrogens (tertiary/aromatic N) is 3. The van der Waals surface area contributed by atoms with E-state index in [0.717, 1.165) is 18.2 Å². The SMILES string of the molecule is COc1ccc(/C=N\NC(=O)c2ccc(Cl)cc2Cl)cc1Oc1ccc([N+](=O)[O-])cc1[N+](=O)[O-]. The molecule has 11 nitrogen and oxygen atoms in total. The van der Waals surface area contributed by atoms with E-state index in [1.165, 1.54) is 43.7 Å². The monoisotopic (exact) mass is 504 g/mol. The zero-order valence-electron chi connectivity index (χ0n) is 17.2. The Morgan fingerprint density at radius 1 is 0.971 bits per heavy atom. The minimum absolute atomic E-state index is 0.0791. The van der Waals surface area contributed by atoms with Gasteiger partial charge < -0.3 is 9.47 Å². The zero-order valence-corrected chi connectivity index (χ0v) is 18.7. The molecule has 0 aliphatic rings. The molecule has 0 unspecified atom stereocenters. The van der Waals surface area contributed by atoms with Crippen LogP contribution >= 0.6 is 23.2 Å². The van der Waals surface area contributed by atoms with E-state index in [-0.39, 0.29) is 27.8 Å². The molecule has 0 aliphatic carbocycles. The molecule has 3 rings (SSSR count). The van der Waals surface area contributed by atoms with Crippen molar-refractivity contribution in [2.75, 3.05) is 7.11 Å². The Labute approximate surface area is 201 Å². The fraction of sp³-hybridized carbons (Fsp3) is 0.0476. The van der Waals surface area contributed by atoms with Crippen molar-refractivity contribution in [3.8, 4) is 17.2 Å². The molecule has 0 bridgehead atoms. The number of ether oxygens (including phenoxy) is 2. The summed E-state index contributed by atoms with van der Waals surface area (Å²) in [4.78, 5) is 33.0. The predicted molar refractivity (Wildman–Crippen MR) is 124 cm³/mol. The van der Waals surface area contributed by atoms with Crippen LogP contribution in [-0.4, -0.2) is 29.1 Å². The zero-order chi connectivity index (χ0) is 24.8. The normalized spacial score (nSPS) is 10.7. The third-order valence-electron chi connectivity index (χ3n) is 4.31. The molecule has 0 saturated carbocycles. The Morgan fingerprint density at radius 2 is 1.71 bits per heavy atom. The van der Waals surface area contributed by atoms with E-state index in [4.69, 9.17) is 32.7 Å². The summed E-state index contributed by atoms with van der Waals surface area (Å²) < 4.78 is 10.8. The first kappa shape index (κ1) is 24.4. The summed E-state index contributed by atoms with van der Waals surface area (Å²) in [7, 11) is 1.37. The van der Waals surface area contributed by atoms with Gasteiger partial charge in [0.05, 0.1) is 39.8 Å². The fourth-order valence-electron chi connectivity index (χ4n) is 2.72. The molecule has 1 N–H and O–H groups in total. The number of carbonyl (C=O) groups excluding carboxylic acids is 1. The van der Waals surface area contributed by atoms with Gasteiger partial charge in [-0.05, 0) is 48.0 Å². The van der Waals surface area contributed by atoms with Crippen LogP contribution in [0.4, 0.5) is 11.4 Å². The minimum Gasteiger partial charge on any atom is -0.493 e. The number of halogens is 2. The maximum Gasteiger partial charge on any atom is 0.318 e. The minimum atomic E-state index is -0.794. The van der Waals surface area contributed by atoms with Gasteiger partial charge in [0.25, 0.3) is 11.6 Å². The van der Waals surface area contributed by atoms with Gasteiger partial charge in [-0.1, -0.05) is 23.2 Å². The molecule has 34 heavy (non-hydrogen) atoms. The van der Waals surface area contributed by atoms with Crippen LogP contribution in [-0.2, 0) is 0 Å². The fourth-order valence-corrected chi connectivity index (χ4v) is 3.21. The van der Waals surface area contributed by atoms with Gasteiger partial charge in [-0.2, -0.15) is 5.10 Å². The van der Waals surface area contributed by atoms with Crippen molar-refractivity contribution < 1.29 is 24.1 Å². The van der Waals surface area contributed by atoms with Crippen LogP contribution in [0.15, 0.2) is 59.7 Å². The number of carbonyl (C=O) groups is 1. The van der Waals surface area contributed by atoms with Crippen LogP contribution < -0.4 is 14.9 Å². The molecule has 0 aliphatic heterocycles. The summed E-state index contributed by atoms with van der Waals surface area (Å²) in [5.74, 6) is -0.477. The highest BCUT2D eigenvalue weighted by Gasteiger charge is 2.22. The molecule has 0 saturated heterocycles. The van der Waals surface area contributed by atoms with E-state index in [9.17, 15) is 25.0 Å². The summed E-state index contributed by atoms with van der Waals surface area (Å²) in [6.45, 7) is 0. The van der Waals surface area contributed by atoms with Crippen LogP contribution in [0.5, 0.6) is 17.2 Å². The molecule has 1 amide bonds. The third kappa shape index (κ3) is 5.77. The van der Waals surface area contributed by atoms with Gasteiger partial charge in [-0.3, -0.25) is 25.0 Å². The van der Waals surface area contributed by atoms with Gasteiger partial charge in [0.15, 0.2) is 11.5 Å². The Balaban J connectivity index is 1.83. The van der Waals surface area contributed by atoms with Crippen molar-refractivity contribution in [1.82, 2.24) is 5.43 Å². The number of nitro benzene ring substituents is 2. The van der Waals surface area contributed by atoms with Gasteiger partial charge in [0.2, 0.25) is 5.75 Å². The number of hydrogen-bond donors (Lipinski definition) is 1. The lowest BCUT2D eigenvalue weighted by Gasteiger charge is -2.11. The molecule has 3 aromatic rings. The molecule has 0 heterocycles. The molecule has 3 aromatic carbocycles. The van der Waals surface area contributed by atoms with Crippen molar-refractivity contribution in [3.63, 3.8) is 0 Å². The van der Waals surface area contributed by atoms with Gasteiger partial charge in [-0.25, -0.2) is 5.43 Å². The molecular weight excluding hydrogens is 491 g/mol. The summed E-state index contributed by atoms with van der Waals surface area (Å²) in [5, 5.41) is 26.7. The molecule has 0 atom stereocenters. The molecule has 0 radical (unpaired) electrons. The Morgan fingerprint density at radius 3 is 2.35 bits per heavy atom. The summed E-state index contributed by atoms with van der Waals surface area (Å²) >= 11 is 11.8. The van der Waals surface area contributed by atoms with Crippen molar-refractivity contribution in [2.24, 2.45) is 5.10 Å². The number of methoxy groups -OCH3 is 1. The largest absolute Gasteiger partial charge is 0.493 e. The van der Waals surface area contributed by atoms with Gasteiger partial charge >= 0.3 is 5.69 Å². The van der Waals surface area contributed by atoms with Crippen LogP contribution in [0, 0.1) is 20.2 Å². The first-order valence-electron chi connectivity index (χ1n) is 9.26. The standard InChI is InChI=1S/C21H14Cl2N4O7/c1-33-19-6-2-12(11-24-25-21(28)15-5-3-13(22)9-16(15)23)8-20(19)34-18-7-4-14(26(29)30)10-17(18)27(31)32/h2-11H,1H3,(H,25,28)/b24-11-. The lowest BCUT2D eigenvalue weighted by molar-refractivity contribution is -0.394. The Hall–Kier alpha value is -4.22. The highest BCUT2D eigenvalue weighted by Crippen LogP contribution is 2.38. The topological polar surface area (TPSA) is 146 Å². The first-order chi connectivity index (χ1) is 16.2. The van der Waals surface area contributed by atoms with E-state index in [2.05, 4.69) is 10.5 Å². The van der Waals surface area contributed by atoms with Crippen molar-refractivity contribution in [1.29, 1.82) is 0 Å². The third-order valence-corrected chi connectivity index (χ3v) is 4.86. The summed E-state index contributed by atoms with van der Waals surface area (Å²) in [6.07, 6.45) is 1.30. The average molecular weight is 505 g/mol. The van der Waals surface area contributed by atoms with Gasteiger partial charge in [0, 0.05) is 11.1 Å². The molecular formula is C21H14Cl2N4O7. The Bertz CT molecular complexity index is 1310. The van der Waals surface area contributed by atoms with Crippen molar-refractivity contribution >= 4 is 46.7 Å². The van der Waals surface area contributed by atoms with Crippen molar-refractivity contribution in [2.45, 2.75) is 0 Å².